The number of halogens is 1. The molecule has 0 aliphatic rings. The van der Waals surface area contributed by atoms with Crippen LogP contribution in [0.5, 0.6) is 0 Å². The van der Waals surface area contributed by atoms with E-state index in [1.165, 1.54) is 0 Å². The number of nitrogens with zero attached hydrogens (tertiary/aromatic N) is 2. The molecule has 94 valence electrons. The van der Waals surface area contributed by atoms with Gasteiger partial charge in [0.1, 0.15) is 0 Å². The van der Waals surface area contributed by atoms with Gasteiger partial charge in [0.2, 0.25) is 5.95 Å². The van der Waals surface area contributed by atoms with Gasteiger partial charge in [-0.3, -0.25) is 0 Å². The molecule has 5 heteroatoms. The number of aromatic nitrogens is 2. The van der Waals surface area contributed by atoms with E-state index in [1.807, 2.05) is 30.3 Å². The van der Waals surface area contributed by atoms with Crippen LogP contribution < -0.4 is 11.1 Å². The molecule has 0 spiro atoms. The lowest BCUT2D eigenvalue weighted by molar-refractivity contribution is 0.864. The lowest BCUT2D eigenvalue weighted by atomic mass is 10.1. The van der Waals surface area contributed by atoms with Crippen LogP contribution >= 0.6 is 15.9 Å². The van der Waals surface area contributed by atoms with Crippen molar-refractivity contribution in [2.45, 2.75) is 6.42 Å². The molecule has 0 atom stereocenters. The maximum Gasteiger partial charge on any atom is 0.223 e. The van der Waals surface area contributed by atoms with Gasteiger partial charge in [0.25, 0.3) is 0 Å². The van der Waals surface area contributed by atoms with Gasteiger partial charge in [-0.2, -0.15) is 0 Å². The van der Waals surface area contributed by atoms with E-state index in [-0.39, 0.29) is 0 Å². The molecule has 18 heavy (non-hydrogen) atoms. The molecule has 0 unspecified atom stereocenters. The summed E-state index contributed by atoms with van der Waals surface area (Å²) in [5.74, 6) is 0.642. The van der Waals surface area contributed by atoms with Gasteiger partial charge in [0, 0.05) is 22.8 Å². The van der Waals surface area contributed by atoms with E-state index in [4.69, 9.17) is 5.73 Å². The minimum absolute atomic E-state index is 0.642. The summed E-state index contributed by atoms with van der Waals surface area (Å²) in [4.78, 5) is 8.65. The van der Waals surface area contributed by atoms with Crippen molar-refractivity contribution >= 4 is 21.9 Å². The van der Waals surface area contributed by atoms with Crippen molar-refractivity contribution in [2.75, 3.05) is 18.4 Å². The predicted molar refractivity (Wildman–Crippen MR) is 77.3 cm³/mol. The number of hydrogen-bond acceptors (Lipinski definition) is 4. The largest absolute Gasteiger partial charge is 0.354 e. The molecule has 4 nitrogen and oxygen atoms in total. The lowest BCUT2D eigenvalue weighted by Gasteiger charge is -2.06. The Labute approximate surface area is 115 Å². The second kappa shape index (κ2) is 6.47. The van der Waals surface area contributed by atoms with E-state index in [9.17, 15) is 0 Å². The molecular weight excluding hydrogens is 292 g/mol. The second-order valence-corrected chi connectivity index (χ2v) is 4.76. The first-order valence-electron chi connectivity index (χ1n) is 5.82. The normalized spacial score (nSPS) is 10.3. The molecule has 0 saturated carbocycles. The van der Waals surface area contributed by atoms with Crippen molar-refractivity contribution in [1.82, 2.24) is 9.97 Å². The first kappa shape index (κ1) is 13.0. The topological polar surface area (TPSA) is 63.8 Å². The van der Waals surface area contributed by atoms with Gasteiger partial charge in [-0.1, -0.05) is 28.1 Å². The molecule has 1 aromatic carbocycles. The number of nitrogens with one attached hydrogen (secondary N) is 1. The Morgan fingerprint density at radius 2 is 1.94 bits per heavy atom. The molecule has 2 rings (SSSR count). The third kappa shape index (κ3) is 3.51. The van der Waals surface area contributed by atoms with E-state index in [0.29, 0.717) is 12.5 Å². The van der Waals surface area contributed by atoms with E-state index in [1.54, 1.807) is 6.20 Å². The molecule has 0 fully saturated rings. The maximum atomic E-state index is 5.44. The summed E-state index contributed by atoms with van der Waals surface area (Å²) in [7, 11) is 0. The van der Waals surface area contributed by atoms with Crippen molar-refractivity contribution in [1.29, 1.82) is 0 Å². The molecule has 3 N–H and O–H groups in total. The van der Waals surface area contributed by atoms with Crippen molar-refractivity contribution in [3.05, 3.63) is 41.0 Å². The van der Waals surface area contributed by atoms with E-state index in [0.717, 1.165) is 28.7 Å². The van der Waals surface area contributed by atoms with Gasteiger partial charge in [0.05, 0.1) is 5.69 Å². The molecule has 0 amide bonds. The van der Waals surface area contributed by atoms with E-state index >= 15 is 0 Å². The highest BCUT2D eigenvalue weighted by molar-refractivity contribution is 9.10. The van der Waals surface area contributed by atoms with Gasteiger partial charge in [-0.15, -0.1) is 0 Å². The Morgan fingerprint density at radius 3 is 2.67 bits per heavy atom. The summed E-state index contributed by atoms with van der Waals surface area (Å²) in [6.45, 7) is 1.46. The predicted octanol–water partition coefficient (Wildman–Crippen LogP) is 2.67. The van der Waals surface area contributed by atoms with Gasteiger partial charge in [-0.05, 0) is 31.2 Å². The molecule has 0 saturated heterocycles. The summed E-state index contributed by atoms with van der Waals surface area (Å²) >= 11 is 3.42. The van der Waals surface area contributed by atoms with Crippen LogP contribution in [0.15, 0.2) is 41.0 Å². The third-order valence-corrected chi connectivity index (χ3v) is 2.99. The highest BCUT2D eigenvalue weighted by Crippen LogP contribution is 2.20. The summed E-state index contributed by atoms with van der Waals surface area (Å²) in [5, 5.41) is 3.16. The van der Waals surface area contributed by atoms with Crippen LogP contribution in [0.4, 0.5) is 5.95 Å². The maximum absolute atomic E-state index is 5.44. The zero-order valence-corrected chi connectivity index (χ0v) is 11.5. The third-order valence-electron chi connectivity index (χ3n) is 2.46. The van der Waals surface area contributed by atoms with Crippen LogP contribution in [0.25, 0.3) is 11.3 Å². The molecule has 1 aromatic heterocycles. The van der Waals surface area contributed by atoms with Crippen LogP contribution in [0.1, 0.15) is 6.42 Å². The Morgan fingerprint density at radius 1 is 1.17 bits per heavy atom. The minimum Gasteiger partial charge on any atom is -0.354 e. The lowest BCUT2D eigenvalue weighted by Crippen LogP contribution is -2.10. The minimum atomic E-state index is 0.642. The average Bonchev–Trinajstić information content (AvgIpc) is 2.40. The molecule has 0 radical (unpaired) electrons. The number of rotatable bonds is 5. The first-order valence-corrected chi connectivity index (χ1v) is 6.62. The molecular formula is C13H15BrN4. The first-order chi connectivity index (χ1) is 8.79. The summed E-state index contributed by atoms with van der Waals surface area (Å²) in [6.07, 6.45) is 2.67. The van der Waals surface area contributed by atoms with E-state index < -0.39 is 0 Å². The van der Waals surface area contributed by atoms with Crippen LogP contribution in [0, 0.1) is 0 Å². The fourth-order valence-electron chi connectivity index (χ4n) is 1.53. The number of benzene rings is 1. The fraction of sp³-hybridized carbons (Fsp3) is 0.231. The zero-order chi connectivity index (χ0) is 12.8. The number of hydrogen-bond donors (Lipinski definition) is 2. The Balaban J connectivity index is 2.13. The van der Waals surface area contributed by atoms with Gasteiger partial charge in [0.15, 0.2) is 0 Å². The summed E-state index contributed by atoms with van der Waals surface area (Å²) < 4.78 is 1.06. The van der Waals surface area contributed by atoms with Gasteiger partial charge < -0.3 is 11.1 Å². The van der Waals surface area contributed by atoms with Crippen LogP contribution in [-0.4, -0.2) is 23.1 Å². The van der Waals surface area contributed by atoms with Gasteiger partial charge in [-0.25, -0.2) is 9.97 Å². The zero-order valence-electron chi connectivity index (χ0n) is 9.94. The van der Waals surface area contributed by atoms with E-state index in [2.05, 4.69) is 31.2 Å². The highest BCUT2D eigenvalue weighted by Gasteiger charge is 2.01. The molecule has 0 bridgehead atoms. The monoisotopic (exact) mass is 306 g/mol. The average molecular weight is 307 g/mol. The van der Waals surface area contributed by atoms with Crippen LogP contribution in [0.3, 0.4) is 0 Å². The highest BCUT2D eigenvalue weighted by atomic mass is 79.9. The molecule has 1 heterocycles. The smallest absolute Gasteiger partial charge is 0.223 e. The van der Waals surface area contributed by atoms with Crippen molar-refractivity contribution in [3.63, 3.8) is 0 Å². The SMILES string of the molecule is NCCCNc1nccc(-c2ccc(Br)cc2)n1. The van der Waals surface area contributed by atoms with Crippen molar-refractivity contribution in [3.8, 4) is 11.3 Å². The second-order valence-electron chi connectivity index (χ2n) is 3.84. The van der Waals surface area contributed by atoms with Crippen LogP contribution in [-0.2, 0) is 0 Å². The van der Waals surface area contributed by atoms with Crippen LogP contribution in [0.2, 0.25) is 0 Å². The quantitative estimate of drug-likeness (QED) is 0.834. The fourth-order valence-corrected chi connectivity index (χ4v) is 1.79. The molecule has 0 aliphatic carbocycles. The van der Waals surface area contributed by atoms with Crippen molar-refractivity contribution < 1.29 is 0 Å². The Hall–Kier alpha value is -1.46. The Kier molecular flexibility index (Phi) is 4.66. The summed E-state index contributed by atoms with van der Waals surface area (Å²) in [6, 6.07) is 9.95. The molecule has 0 aliphatic heterocycles. The number of nitrogens with two attached hydrogens (primary N) is 1. The standard InChI is InChI=1S/C13H15BrN4/c14-11-4-2-10(3-5-11)12-6-9-17-13(18-12)16-8-1-7-15/h2-6,9H,1,7-8,15H2,(H,16,17,18). The molecule has 2 aromatic rings. The van der Waals surface area contributed by atoms with Crippen molar-refractivity contribution in [2.24, 2.45) is 5.73 Å². The summed E-state index contributed by atoms with van der Waals surface area (Å²) in [5.41, 5.74) is 7.42. The van der Waals surface area contributed by atoms with Gasteiger partial charge >= 0.3 is 0 Å². The number of anilines is 1. The Bertz CT molecular complexity index is 499.